The molecule has 3 nitrogen and oxygen atoms in total. The highest BCUT2D eigenvalue weighted by molar-refractivity contribution is 5.48. The number of hydrogen-bond donors (Lipinski definition) is 1. The number of methoxy groups -OCH3 is 1. The van der Waals surface area contributed by atoms with Gasteiger partial charge in [-0.3, -0.25) is 0 Å². The van der Waals surface area contributed by atoms with Gasteiger partial charge in [0, 0.05) is 23.9 Å². The summed E-state index contributed by atoms with van der Waals surface area (Å²) in [5.74, 6) is 1.47. The van der Waals surface area contributed by atoms with Crippen LogP contribution in [0.25, 0.3) is 0 Å². The van der Waals surface area contributed by atoms with Crippen LogP contribution in [0.4, 0.5) is 5.69 Å². The molecular formula is C16H27NO2. The Labute approximate surface area is 117 Å². The van der Waals surface area contributed by atoms with Gasteiger partial charge in [-0.1, -0.05) is 39.2 Å². The molecule has 0 fully saturated rings. The Bertz CT molecular complexity index is 366. The van der Waals surface area contributed by atoms with Gasteiger partial charge in [0.1, 0.15) is 5.75 Å². The van der Waals surface area contributed by atoms with Crippen molar-refractivity contribution in [3.8, 4) is 5.75 Å². The molecule has 0 amide bonds. The van der Waals surface area contributed by atoms with Crippen molar-refractivity contribution in [2.45, 2.75) is 46.1 Å². The Morgan fingerprint density at radius 1 is 1.26 bits per heavy atom. The second-order valence-corrected chi connectivity index (χ2v) is 5.00. The highest BCUT2D eigenvalue weighted by Gasteiger charge is 2.08. The summed E-state index contributed by atoms with van der Waals surface area (Å²) in [5.41, 5.74) is 7.51. The number of nitrogen functional groups attached to an aromatic ring is 1. The van der Waals surface area contributed by atoms with E-state index in [0.29, 0.717) is 12.5 Å². The summed E-state index contributed by atoms with van der Waals surface area (Å²) < 4.78 is 11.1. The van der Waals surface area contributed by atoms with Crippen LogP contribution in [-0.2, 0) is 11.3 Å². The lowest BCUT2D eigenvalue weighted by Crippen LogP contribution is -2.09. The van der Waals surface area contributed by atoms with Gasteiger partial charge in [-0.15, -0.1) is 0 Å². The first-order valence-electron chi connectivity index (χ1n) is 7.21. The zero-order chi connectivity index (χ0) is 14.1. The van der Waals surface area contributed by atoms with E-state index in [1.807, 2.05) is 18.2 Å². The normalized spacial score (nSPS) is 12.4. The van der Waals surface area contributed by atoms with Crippen LogP contribution in [-0.4, -0.2) is 13.7 Å². The Hall–Kier alpha value is -1.22. The molecule has 3 heteroatoms. The monoisotopic (exact) mass is 265 g/mol. The van der Waals surface area contributed by atoms with Gasteiger partial charge >= 0.3 is 0 Å². The third-order valence-corrected chi connectivity index (χ3v) is 3.47. The molecule has 0 heterocycles. The molecule has 2 N–H and O–H groups in total. The van der Waals surface area contributed by atoms with Crippen molar-refractivity contribution >= 4 is 5.69 Å². The standard InChI is InChI=1S/C16H27NO2/c1-4-6-7-13(5-2)11-19-12-14-8-9-15(17)10-16(14)18-3/h8-10,13H,4-7,11-12,17H2,1-3H3. The van der Waals surface area contributed by atoms with E-state index in [1.54, 1.807) is 7.11 Å². The van der Waals surface area contributed by atoms with Crippen LogP contribution in [0.1, 0.15) is 45.1 Å². The second kappa shape index (κ2) is 8.81. The van der Waals surface area contributed by atoms with Crippen LogP contribution >= 0.6 is 0 Å². The zero-order valence-corrected chi connectivity index (χ0v) is 12.4. The highest BCUT2D eigenvalue weighted by atomic mass is 16.5. The van der Waals surface area contributed by atoms with E-state index in [2.05, 4.69) is 13.8 Å². The van der Waals surface area contributed by atoms with Gasteiger partial charge < -0.3 is 15.2 Å². The van der Waals surface area contributed by atoms with E-state index in [4.69, 9.17) is 15.2 Å². The van der Waals surface area contributed by atoms with Crippen LogP contribution in [0.2, 0.25) is 0 Å². The summed E-state index contributed by atoms with van der Waals surface area (Å²) >= 11 is 0. The average Bonchev–Trinajstić information content (AvgIpc) is 2.43. The van der Waals surface area contributed by atoms with Crippen LogP contribution in [0.5, 0.6) is 5.75 Å². The van der Waals surface area contributed by atoms with Gasteiger partial charge in [-0.05, 0) is 18.4 Å². The fourth-order valence-electron chi connectivity index (χ4n) is 2.11. The van der Waals surface area contributed by atoms with Crippen molar-refractivity contribution in [1.82, 2.24) is 0 Å². The zero-order valence-electron chi connectivity index (χ0n) is 12.4. The first-order valence-corrected chi connectivity index (χ1v) is 7.21. The van der Waals surface area contributed by atoms with Gasteiger partial charge in [-0.2, -0.15) is 0 Å². The average molecular weight is 265 g/mol. The van der Waals surface area contributed by atoms with E-state index in [0.717, 1.165) is 23.6 Å². The third kappa shape index (κ3) is 5.52. The fourth-order valence-corrected chi connectivity index (χ4v) is 2.11. The number of benzene rings is 1. The first kappa shape index (κ1) is 15.8. The third-order valence-electron chi connectivity index (χ3n) is 3.47. The minimum absolute atomic E-state index is 0.589. The summed E-state index contributed by atoms with van der Waals surface area (Å²) in [5, 5.41) is 0. The molecule has 0 saturated carbocycles. The number of anilines is 1. The molecule has 1 atom stereocenters. The molecule has 19 heavy (non-hydrogen) atoms. The van der Waals surface area contributed by atoms with Crippen molar-refractivity contribution in [3.05, 3.63) is 23.8 Å². The summed E-state index contributed by atoms with van der Waals surface area (Å²) in [6.07, 6.45) is 4.97. The Morgan fingerprint density at radius 3 is 2.68 bits per heavy atom. The maximum atomic E-state index is 5.83. The molecule has 0 radical (unpaired) electrons. The van der Waals surface area contributed by atoms with Crippen LogP contribution in [0, 0.1) is 5.92 Å². The van der Waals surface area contributed by atoms with Gasteiger partial charge in [0.2, 0.25) is 0 Å². The molecule has 0 aliphatic rings. The van der Waals surface area contributed by atoms with E-state index in [9.17, 15) is 0 Å². The quantitative estimate of drug-likeness (QED) is 0.686. The molecule has 1 aromatic rings. The maximum absolute atomic E-state index is 5.83. The molecule has 108 valence electrons. The minimum atomic E-state index is 0.589. The van der Waals surface area contributed by atoms with Crippen molar-refractivity contribution < 1.29 is 9.47 Å². The molecular weight excluding hydrogens is 238 g/mol. The Kier molecular flexibility index (Phi) is 7.34. The maximum Gasteiger partial charge on any atom is 0.126 e. The van der Waals surface area contributed by atoms with Gasteiger partial charge in [0.05, 0.1) is 13.7 Å². The van der Waals surface area contributed by atoms with Crippen molar-refractivity contribution in [3.63, 3.8) is 0 Å². The van der Waals surface area contributed by atoms with Crippen molar-refractivity contribution in [1.29, 1.82) is 0 Å². The molecule has 0 aliphatic carbocycles. The number of ether oxygens (including phenoxy) is 2. The Balaban J connectivity index is 2.43. The molecule has 1 rings (SSSR count). The van der Waals surface area contributed by atoms with Crippen LogP contribution < -0.4 is 10.5 Å². The van der Waals surface area contributed by atoms with Gasteiger partial charge in [-0.25, -0.2) is 0 Å². The summed E-state index contributed by atoms with van der Waals surface area (Å²) in [6, 6.07) is 5.70. The van der Waals surface area contributed by atoms with E-state index < -0.39 is 0 Å². The number of unbranched alkanes of at least 4 members (excludes halogenated alkanes) is 1. The number of nitrogens with two attached hydrogens (primary N) is 1. The summed E-state index contributed by atoms with van der Waals surface area (Å²) in [7, 11) is 1.66. The molecule has 1 unspecified atom stereocenters. The van der Waals surface area contributed by atoms with Crippen molar-refractivity contribution in [2.75, 3.05) is 19.5 Å². The predicted octanol–water partition coefficient (Wildman–Crippen LogP) is 4.01. The smallest absolute Gasteiger partial charge is 0.126 e. The first-order chi connectivity index (χ1) is 9.21. The minimum Gasteiger partial charge on any atom is -0.496 e. The lowest BCUT2D eigenvalue weighted by atomic mass is 10.0. The lowest BCUT2D eigenvalue weighted by molar-refractivity contribution is 0.0807. The predicted molar refractivity (Wildman–Crippen MR) is 80.4 cm³/mol. The SMILES string of the molecule is CCCCC(CC)COCc1ccc(N)cc1OC. The largest absolute Gasteiger partial charge is 0.496 e. The second-order valence-electron chi connectivity index (χ2n) is 5.00. The molecule has 1 aromatic carbocycles. The summed E-state index contributed by atoms with van der Waals surface area (Å²) in [6.45, 7) is 5.87. The molecule has 0 saturated heterocycles. The van der Waals surface area contributed by atoms with E-state index in [1.165, 1.54) is 25.7 Å². The molecule has 0 bridgehead atoms. The van der Waals surface area contributed by atoms with Crippen LogP contribution in [0.3, 0.4) is 0 Å². The van der Waals surface area contributed by atoms with E-state index >= 15 is 0 Å². The Morgan fingerprint density at radius 2 is 2.05 bits per heavy atom. The van der Waals surface area contributed by atoms with Gasteiger partial charge in [0.25, 0.3) is 0 Å². The molecule has 0 spiro atoms. The summed E-state index contributed by atoms with van der Waals surface area (Å²) in [4.78, 5) is 0. The fraction of sp³-hybridized carbons (Fsp3) is 0.625. The number of hydrogen-bond acceptors (Lipinski definition) is 3. The number of rotatable bonds is 9. The van der Waals surface area contributed by atoms with Gasteiger partial charge in [0.15, 0.2) is 0 Å². The molecule has 0 aliphatic heterocycles. The highest BCUT2D eigenvalue weighted by Crippen LogP contribution is 2.23. The molecule has 0 aromatic heterocycles. The topological polar surface area (TPSA) is 44.5 Å². The van der Waals surface area contributed by atoms with Crippen molar-refractivity contribution in [2.24, 2.45) is 5.92 Å². The lowest BCUT2D eigenvalue weighted by Gasteiger charge is -2.15. The van der Waals surface area contributed by atoms with Crippen LogP contribution in [0.15, 0.2) is 18.2 Å². The van der Waals surface area contributed by atoms with E-state index in [-0.39, 0.29) is 0 Å².